The molecule has 0 radical (unpaired) electrons. The largest absolute Gasteiger partial charge is 0.343 e. The minimum atomic E-state index is -0.442. The molecular formula is C15H9ClFN5O. The molecular weight excluding hydrogens is 321 g/mol. The minimum absolute atomic E-state index is 0.265. The third-order valence-electron chi connectivity index (χ3n) is 3.57. The highest BCUT2D eigenvalue weighted by Gasteiger charge is 2.14. The normalized spacial score (nSPS) is 11.2. The number of nitrogens with one attached hydrogen (secondary N) is 2. The van der Waals surface area contributed by atoms with Crippen LogP contribution in [0.25, 0.3) is 27.7 Å². The second kappa shape index (κ2) is 5.06. The Kier molecular flexibility index (Phi) is 3.02. The number of pyridine rings is 2. The summed E-state index contributed by atoms with van der Waals surface area (Å²) in [5.74, 6) is -0.00393. The fourth-order valence-electron chi connectivity index (χ4n) is 2.51. The van der Waals surface area contributed by atoms with E-state index in [2.05, 4.69) is 20.4 Å². The average molecular weight is 330 g/mol. The van der Waals surface area contributed by atoms with Crippen LogP contribution in [0.1, 0.15) is 0 Å². The summed E-state index contributed by atoms with van der Waals surface area (Å²) in [7, 11) is 0. The van der Waals surface area contributed by atoms with Crippen LogP contribution in [0.5, 0.6) is 0 Å². The molecule has 114 valence electrons. The van der Waals surface area contributed by atoms with Gasteiger partial charge in [0.05, 0.1) is 15.9 Å². The van der Waals surface area contributed by atoms with Gasteiger partial charge in [0.2, 0.25) is 6.41 Å². The molecule has 0 aliphatic rings. The van der Waals surface area contributed by atoms with Crippen LogP contribution in [0, 0.1) is 5.82 Å². The highest BCUT2D eigenvalue weighted by molar-refractivity contribution is 6.38. The molecule has 1 amide bonds. The summed E-state index contributed by atoms with van der Waals surface area (Å²) >= 11 is 6.35. The van der Waals surface area contributed by atoms with Crippen LogP contribution >= 0.6 is 11.6 Å². The number of halogens is 2. The summed E-state index contributed by atoms with van der Waals surface area (Å²) in [5.41, 5.74) is 2.55. The highest BCUT2D eigenvalue weighted by atomic mass is 35.5. The Hall–Kier alpha value is -2.93. The predicted octanol–water partition coefficient (Wildman–Crippen LogP) is 3.24. The molecule has 6 nitrogen and oxygen atoms in total. The topological polar surface area (TPSA) is 75.1 Å². The van der Waals surface area contributed by atoms with Gasteiger partial charge in [-0.15, -0.1) is 0 Å². The zero-order chi connectivity index (χ0) is 16.0. The molecule has 2 N–H and O–H groups in total. The molecule has 0 aliphatic carbocycles. The molecule has 23 heavy (non-hydrogen) atoms. The maximum Gasteiger partial charge on any atom is 0.212 e. The van der Waals surface area contributed by atoms with Crippen LogP contribution in [0.2, 0.25) is 5.02 Å². The first-order chi connectivity index (χ1) is 11.2. The number of hydrogen-bond acceptors (Lipinski definition) is 3. The monoisotopic (exact) mass is 329 g/mol. The van der Waals surface area contributed by atoms with Gasteiger partial charge in [-0.25, -0.2) is 13.9 Å². The molecule has 0 atom stereocenters. The van der Waals surface area contributed by atoms with Gasteiger partial charge in [-0.1, -0.05) is 11.6 Å². The van der Waals surface area contributed by atoms with Crippen LogP contribution in [0.3, 0.4) is 0 Å². The summed E-state index contributed by atoms with van der Waals surface area (Å²) < 4.78 is 15.4. The van der Waals surface area contributed by atoms with Crippen molar-refractivity contribution in [3.63, 3.8) is 0 Å². The Balaban J connectivity index is 1.89. The van der Waals surface area contributed by atoms with E-state index in [0.29, 0.717) is 28.5 Å². The molecule has 4 aromatic heterocycles. The van der Waals surface area contributed by atoms with Gasteiger partial charge in [0, 0.05) is 30.2 Å². The van der Waals surface area contributed by atoms with E-state index in [4.69, 9.17) is 11.6 Å². The van der Waals surface area contributed by atoms with Crippen molar-refractivity contribution in [2.75, 3.05) is 5.32 Å². The molecule has 4 aromatic rings. The number of hydrogen-bond donors (Lipinski definition) is 2. The van der Waals surface area contributed by atoms with Crippen LogP contribution in [0.15, 0.2) is 36.8 Å². The van der Waals surface area contributed by atoms with E-state index < -0.39 is 5.82 Å². The Morgan fingerprint density at radius 1 is 1.39 bits per heavy atom. The van der Waals surface area contributed by atoms with Gasteiger partial charge in [-0.2, -0.15) is 5.10 Å². The van der Waals surface area contributed by atoms with Gasteiger partial charge >= 0.3 is 0 Å². The third-order valence-corrected chi connectivity index (χ3v) is 3.96. The molecule has 0 unspecified atom stereocenters. The van der Waals surface area contributed by atoms with Crippen molar-refractivity contribution in [2.24, 2.45) is 0 Å². The lowest BCUT2D eigenvalue weighted by Crippen LogP contribution is -1.94. The van der Waals surface area contributed by atoms with E-state index in [1.807, 2.05) is 6.07 Å². The molecule has 4 rings (SSSR count). The molecule has 0 spiro atoms. The van der Waals surface area contributed by atoms with E-state index in [1.165, 1.54) is 6.20 Å². The zero-order valence-corrected chi connectivity index (χ0v) is 12.3. The lowest BCUT2D eigenvalue weighted by Gasteiger charge is -2.06. The van der Waals surface area contributed by atoms with Crippen molar-refractivity contribution in [3.8, 4) is 11.1 Å². The molecule has 8 heteroatoms. The van der Waals surface area contributed by atoms with Crippen LogP contribution in [-0.4, -0.2) is 26.0 Å². The number of anilines is 1. The van der Waals surface area contributed by atoms with Gasteiger partial charge in [0.25, 0.3) is 0 Å². The summed E-state index contributed by atoms with van der Waals surface area (Å²) in [6, 6.07) is 5.35. The Labute approximate surface area is 133 Å². The maximum absolute atomic E-state index is 13.8. The molecule has 4 heterocycles. The molecule has 0 aliphatic heterocycles. The quantitative estimate of drug-likeness (QED) is 0.567. The molecule has 0 fully saturated rings. The second-order valence-corrected chi connectivity index (χ2v) is 5.30. The molecule has 0 aromatic carbocycles. The summed E-state index contributed by atoms with van der Waals surface area (Å²) in [6.45, 7) is 0. The van der Waals surface area contributed by atoms with E-state index in [1.54, 1.807) is 29.0 Å². The van der Waals surface area contributed by atoms with Crippen molar-refractivity contribution in [1.29, 1.82) is 0 Å². The van der Waals surface area contributed by atoms with E-state index >= 15 is 0 Å². The zero-order valence-electron chi connectivity index (χ0n) is 11.5. The number of H-pyrrole nitrogens is 1. The van der Waals surface area contributed by atoms with Crippen LogP contribution < -0.4 is 5.32 Å². The molecule has 0 bridgehead atoms. The average Bonchev–Trinajstić information content (AvgIpc) is 3.11. The first-order valence-corrected chi connectivity index (χ1v) is 7.06. The Morgan fingerprint density at radius 2 is 2.26 bits per heavy atom. The number of carbonyl (C=O) groups is 1. The first-order valence-electron chi connectivity index (χ1n) is 6.68. The van der Waals surface area contributed by atoms with Crippen molar-refractivity contribution >= 4 is 40.4 Å². The number of aromatic nitrogens is 4. The van der Waals surface area contributed by atoms with Crippen molar-refractivity contribution in [3.05, 3.63) is 47.6 Å². The van der Waals surface area contributed by atoms with Gasteiger partial charge in [0.15, 0.2) is 11.6 Å². The first kappa shape index (κ1) is 13.7. The van der Waals surface area contributed by atoms with Gasteiger partial charge in [-0.05, 0) is 17.7 Å². The number of fused-ring (bicyclic) bond motifs is 2. The lowest BCUT2D eigenvalue weighted by molar-refractivity contribution is -0.105. The lowest BCUT2D eigenvalue weighted by atomic mass is 10.1. The SMILES string of the molecule is O=CNc1cc2cc(-c3cnc4[nH]cc(F)c4c3Cl)ccn2n1. The maximum atomic E-state index is 13.8. The Bertz CT molecular complexity index is 1050. The van der Waals surface area contributed by atoms with Gasteiger partial charge < -0.3 is 10.3 Å². The van der Waals surface area contributed by atoms with E-state index in [-0.39, 0.29) is 5.39 Å². The van der Waals surface area contributed by atoms with Gasteiger partial charge in [0.1, 0.15) is 5.65 Å². The summed E-state index contributed by atoms with van der Waals surface area (Å²) in [4.78, 5) is 17.4. The number of amides is 1. The van der Waals surface area contributed by atoms with Crippen molar-refractivity contribution < 1.29 is 9.18 Å². The van der Waals surface area contributed by atoms with E-state index in [9.17, 15) is 9.18 Å². The minimum Gasteiger partial charge on any atom is -0.343 e. The van der Waals surface area contributed by atoms with Gasteiger partial charge in [-0.3, -0.25) is 4.79 Å². The molecule has 0 saturated heterocycles. The fourth-order valence-corrected chi connectivity index (χ4v) is 2.85. The smallest absolute Gasteiger partial charge is 0.212 e. The summed E-state index contributed by atoms with van der Waals surface area (Å²) in [5, 5.41) is 7.23. The van der Waals surface area contributed by atoms with E-state index in [0.717, 1.165) is 11.1 Å². The number of aromatic amines is 1. The number of carbonyl (C=O) groups excluding carboxylic acids is 1. The van der Waals surface area contributed by atoms with Crippen LogP contribution in [-0.2, 0) is 4.79 Å². The second-order valence-electron chi connectivity index (χ2n) is 4.92. The Morgan fingerprint density at radius 3 is 3.09 bits per heavy atom. The number of rotatable bonds is 3. The highest BCUT2D eigenvalue weighted by Crippen LogP contribution is 2.34. The third kappa shape index (κ3) is 2.13. The van der Waals surface area contributed by atoms with Crippen molar-refractivity contribution in [2.45, 2.75) is 0 Å². The predicted molar refractivity (Wildman–Crippen MR) is 84.9 cm³/mol. The molecule has 0 saturated carbocycles. The fraction of sp³-hybridized carbons (Fsp3) is 0. The van der Waals surface area contributed by atoms with Crippen LogP contribution in [0.4, 0.5) is 10.2 Å². The standard InChI is InChI=1S/C15H9ClFN5O/c16-14-10(5-18-15-13(14)11(17)6-19-15)8-1-2-22-9(3-8)4-12(21-22)20-7-23/h1-7H,(H,18,19)(H,20,21,23). The number of nitrogens with zero attached hydrogens (tertiary/aromatic N) is 3. The van der Waals surface area contributed by atoms with Crippen molar-refractivity contribution in [1.82, 2.24) is 19.6 Å². The summed E-state index contributed by atoms with van der Waals surface area (Å²) in [6.07, 6.45) is 5.11.